The van der Waals surface area contributed by atoms with Crippen LogP contribution in [-0.2, 0) is 14.3 Å². The topological polar surface area (TPSA) is 66.8 Å². The average molecular weight is 271 g/mol. The van der Waals surface area contributed by atoms with E-state index in [1.165, 1.54) is 0 Å². The number of ether oxygens (including phenoxy) is 1. The predicted octanol–water partition coefficient (Wildman–Crippen LogP) is 1.76. The van der Waals surface area contributed by atoms with E-state index in [9.17, 15) is 14.7 Å². The largest absolute Gasteiger partial charge is 0.481 e. The minimum Gasteiger partial charge on any atom is -0.481 e. The molecule has 0 bridgehead atoms. The fourth-order valence-corrected chi connectivity index (χ4v) is 2.51. The lowest BCUT2D eigenvalue weighted by Crippen LogP contribution is -2.48. The summed E-state index contributed by atoms with van der Waals surface area (Å²) in [6.07, 6.45) is 1.78. The molecule has 1 saturated heterocycles. The molecule has 19 heavy (non-hydrogen) atoms. The van der Waals surface area contributed by atoms with E-state index < -0.39 is 17.3 Å². The van der Waals surface area contributed by atoms with Gasteiger partial charge in [-0.1, -0.05) is 20.8 Å². The fourth-order valence-electron chi connectivity index (χ4n) is 2.51. The first-order valence-electron chi connectivity index (χ1n) is 6.90. The highest BCUT2D eigenvalue weighted by Gasteiger charge is 2.40. The van der Waals surface area contributed by atoms with Crippen molar-refractivity contribution in [2.24, 2.45) is 11.3 Å². The Morgan fingerprint density at radius 2 is 1.84 bits per heavy atom. The number of rotatable bonds is 4. The van der Waals surface area contributed by atoms with Gasteiger partial charge in [-0.2, -0.15) is 0 Å². The van der Waals surface area contributed by atoms with Gasteiger partial charge >= 0.3 is 5.97 Å². The molecule has 1 N–H and O–H groups in total. The van der Waals surface area contributed by atoms with Crippen LogP contribution in [0, 0.1) is 11.3 Å². The summed E-state index contributed by atoms with van der Waals surface area (Å²) in [5.74, 6) is -2.28. The Balaban J connectivity index is 2.65. The number of aliphatic carboxylic acids is 1. The van der Waals surface area contributed by atoms with Crippen molar-refractivity contribution in [1.82, 2.24) is 4.90 Å². The van der Waals surface area contributed by atoms with Crippen LogP contribution >= 0.6 is 0 Å². The third-order valence-corrected chi connectivity index (χ3v) is 3.52. The van der Waals surface area contributed by atoms with Gasteiger partial charge in [0.1, 0.15) is 5.92 Å². The van der Waals surface area contributed by atoms with Gasteiger partial charge in [-0.25, -0.2) is 0 Å². The van der Waals surface area contributed by atoms with Crippen LogP contribution in [0.2, 0.25) is 0 Å². The number of carboxylic acid groups (broad SMARTS) is 1. The van der Waals surface area contributed by atoms with E-state index in [4.69, 9.17) is 4.74 Å². The minimum absolute atomic E-state index is 0.201. The van der Waals surface area contributed by atoms with Crippen molar-refractivity contribution in [2.45, 2.75) is 46.6 Å². The van der Waals surface area contributed by atoms with Crippen LogP contribution in [-0.4, -0.2) is 47.7 Å². The highest BCUT2D eigenvalue weighted by molar-refractivity contribution is 5.97. The summed E-state index contributed by atoms with van der Waals surface area (Å²) < 4.78 is 5.53. The maximum absolute atomic E-state index is 12.4. The van der Waals surface area contributed by atoms with Crippen LogP contribution < -0.4 is 0 Å². The van der Waals surface area contributed by atoms with Crippen LogP contribution in [0.15, 0.2) is 0 Å². The van der Waals surface area contributed by atoms with Crippen LogP contribution in [0.1, 0.15) is 40.5 Å². The smallest absolute Gasteiger partial charge is 0.316 e. The third-order valence-electron chi connectivity index (χ3n) is 3.52. The van der Waals surface area contributed by atoms with Crippen molar-refractivity contribution in [3.05, 3.63) is 0 Å². The van der Waals surface area contributed by atoms with E-state index in [0.29, 0.717) is 19.7 Å². The second-order valence-corrected chi connectivity index (χ2v) is 6.12. The molecule has 5 nitrogen and oxygen atoms in total. The van der Waals surface area contributed by atoms with Gasteiger partial charge in [0.25, 0.3) is 0 Å². The molecule has 1 heterocycles. The van der Waals surface area contributed by atoms with E-state index >= 15 is 0 Å². The summed E-state index contributed by atoms with van der Waals surface area (Å²) in [5.41, 5.74) is -0.570. The molecule has 0 aliphatic carbocycles. The molecule has 5 heteroatoms. The third kappa shape index (κ3) is 4.20. The van der Waals surface area contributed by atoms with E-state index in [1.807, 2.05) is 6.92 Å². The van der Waals surface area contributed by atoms with Crippen molar-refractivity contribution in [1.29, 1.82) is 0 Å². The van der Waals surface area contributed by atoms with Gasteiger partial charge in [0.2, 0.25) is 5.91 Å². The monoisotopic (exact) mass is 271 g/mol. The van der Waals surface area contributed by atoms with Crippen LogP contribution in [0.5, 0.6) is 0 Å². The highest BCUT2D eigenvalue weighted by Crippen LogP contribution is 2.29. The summed E-state index contributed by atoms with van der Waals surface area (Å²) in [7, 11) is 0. The molecule has 1 atom stereocenters. The lowest BCUT2D eigenvalue weighted by Gasteiger charge is -2.36. The van der Waals surface area contributed by atoms with Crippen LogP contribution in [0.25, 0.3) is 0 Å². The van der Waals surface area contributed by atoms with E-state index in [1.54, 1.807) is 25.7 Å². The van der Waals surface area contributed by atoms with Crippen molar-refractivity contribution in [3.8, 4) is 0 Å². The number of amides is 1. The number of likely N-dealkylation sites (tertiary alicyclic amines) is 1. The predicted molar refractivity (Wildman–Crippen MR) is 71.8 cm³/mol. The summed E-state index contributed by atoms with van der Waals surface area (Å²) in [6, 6.07) is 0. The normalized spacial score (nSPS) is 19.3. The zero-order chi connectivity index (χ0) is 14.6. The molecule has 1 amide bonds. The van der Waals surface area contributed by atoms with Crippen molar-refractivity contribution in [3.63, 3.8) is 0 Å². The number of hydrogen-bond acceptors (Lipinski definition) is 3. The molecule has 110 valence electrons. The second-order valence-electron chi connectivity index (χ2n) is 6.12. The van der Waals surface area contributed by atoms with E-state index in [-0.39, 0.29) is 12.0 Å². The number of hydrogen-bond donors (Lipinski definition) is 1. The second kappa shape index (κ2) is 6.37. The standard InChI is InChI=1S/C14H25NO4/c1-5-19-10-6-8-15(9-7-10)12(16)11(13(17)18)14(2,3)4/h10-11H,5-9H2,1-4H3,(H,17,18). The molecular weight excluding hydrogens is 246 g/mol. The Kier molecular flexibility index (Phi) is 5.35. The van der Waals surface area contributed by atoms with Gasteiger partial charge in [-0.3, -0.25) is 9.59 Å². The van der Waals surface area contributed by atoms with Gasteiger partial charge in [-0.15, -0.1) is 0 Å². The number of carbonyl (C=O) groups excluding carboxylic acids is 1. The Morgan fingerprint density at radius 1 is 1.32 bits per heavy atom. The van der Waals surface area contributed by atoms with E-state index in [2.05, 4.69) is 0 Å². The molecular formula is C14H25NO4. The molecule has 0 aromatic carbocycles. The van der Waals surface area contributed by atoms with Gasteiger partial charge in [0.15, 0.2) is 0 Å². The number of carbonyl (C=O) groups is 2. The molecule has 1 rings (SSSR count). The Hall–Kier alpha value is -1.10. The van der Waals surface area contributed by atoms with Gasteiger partial charge in [0.05, 0.1) is 6.10 Å². The zero-order valence-corrected chi connectivity index (χ0v) is 12.3. The Labute approximate surface area is 114 Å². The first kappa shape index (κ1) is 16.0. The minimum atomic E-state index is -1.04. The van der Waals surface area contributed by atoms with E-state index in [0.717, 1.165) is 12.8 Å². The van der Waals surface area contributed by atoms with Gasteiger partial charge < -0.3 is 14.7 Å². The molecule has 0 aromatic heterocycles. The molecule has 1 aliphatic rings. The molecule has 0 aromatic rings. The molecule has 1 fully saturated rings. The van der Waals surface area contributed by atoms with Gasteiger partial charge in [0, 0.05) is 19.7 Å². The quantitative estimate of drug-likeness (QED) is 0.791. The molecule has 1 unspecified atom stereocenters. The average Bonchev–Trinajstić information content (AvgIpc) is 2.27. The summed E-state index contributed by atoms with van der Waals surface area (Å²) >= 11 is 0. The lowest BCUT2D eigenvalue weighted by molar-refractivity contribution is -0.157. The Bertz CT molecular complexity index is 327. The maximum Gasteiger partial charge on any atom is 0.316 e. The molecule has 0 spiro atoms. The SMILES string of the molecule is CCOC1CCN(C(=O)C(C(=O)O)C(C)(C)C)CC1. The molecule has 0 radical (unpaired) electrons. The summed E-state index contributed by atoms with van der Waals surface area (Å²) in [6.45, 7) is 9.17. The van der Waals surface area contributed by atoms with Crippen LogP contribution in [0.3, 0.4) is 0 Å². The maximum atomic E-state index is 12.4. The highest BCUT2D eigenvalue weighted by atomic mass is 16.5. The lowest BCUT2D eigenvalue weighted by atomic mass is 9.79. The first-order valence-corrected chi connectivity index (χ1v) is 6.90. The number of nitrogens with zero attached hydrogens (tertiary/aromatic N) is 1. The Morgan fingerprint density at radius 3 is 2.21 bits per heavy atom. The van der Waals surface area contributed by atoms with Crippen molar-refractivity contribution < 1.29 is 19.4 Å². The number of carboxylic acids is 1. The van der Waals surface area contributed by atoms with Crippen LogP contribution in [0.4, 0.5) is 0 Å². The summed E-state index contributed by atoms with van der Waals surface area (Å²) in [5, 5.41) is 9.27. The summed E-state index contributed by atoms with van der Waals surface area (Å²) in [4.78, 5) is 25.3. The fraction of sp³-hybridized carbons (Fsp3) is 0.857. The van der Waals surface area contributed by atoms with Crippen molar-refractivity contribution >= 4 is 11.9 Å². The zero-order valence-electron chi connectivity index (χ0n) is 12.3. The first-order chi connectivity index (χ1) is 8.77. The molecule has 1 aliphatic heterocycles. The molecule has 0 saturated carbocycles. The van der Waals surface area contributed by atoms with Gasteiger partial charge in [-0.05, 0) is 25.2 Å². The van der Waals surface area contributed by atoms with Crippen molar-refractivity contribution in [2.75, 3.05) is 19.7 Å². The number of piperidine rings is 1.